The molecule has 0 atom stereocenters. The van der Waals surface area contributed by atoms with Gasteiger partial charge in [-0.1, -0.05) is 37.6 Å². The number of nitrogens with one attached hydrogen (secondary N) is 1. The molecule has 0 saturated heterocycles. The van der Waals surface area contributed by atoms with Crippen LogP contribution < -0.4 is 10.1 Å². The average molecular weight is 615 g/mol. The molecule has 0 aromatic heterocycles. The van der Waals surface area contributed by atoms with Crippen molar-refractivity contribution < 1.29 is 41.0 Å². The zero-order valence-electron chi connectivity index (χ0n) is 23.9. The Morgan fingerprint density at radius 1 is 1.05 bits per heavy atom. The molecular weight excluding hydrogens is 577 g/mol. The third-order valence-corrected chi connectivity index (χ3v) is 8.12. The maximum Gasteiger partial charge on any atom is 0.490 e. The molecule has 14 heteroatoms. The van der Waals surface area contributed by atoms with E-state index in [1.54, 1.807) is 36.2 Å². The minimum absolute atomic E-state index is 0.0900. The first-order valence-electron chi connectivity index (χ1n) is 13.4. The smallest absolute Gasteiger partial charge is 0.490 e. The molecule has 2 N–H and O–H groups in total. The summed E-state index contributed by atoms with van der Waals surface area (Å²) in [6, 6.07) is 14.6. The van der Waals surface area contributed by atoms with Gasteiger partial charge in [0.1, 0.15) is 11.6 Å². The number of halogens is 3. The number of carboxylic acid groups (broad SMARTS) is 1. The van der Waals surface area contributed by atoms with Crippen LogP contribution in [0.25, 0.3) is 0 Å². The van der Waals surface area contributed by atoms with Crippen molar-refractivity contribution >= 4 is 27.7 Å². The number of hydrogen-bond donors (Lipinski definition) is 2. The Hall–Kier alpha value is -3.65. The Bertz CT molecular complexity index is 1300. The molecule has 2 aromatic rings. The number of likely N-dealkylation sites (N-methyl/N-ethyl adjacent to an activating group) is 1. The number of carbonyl (C=O) groups excluding carboxylic acids is 1. The summed E-state index contributed by atoms with van der Waals surface area (Å²) in [6.07, 6.45) is -2.25. The van der Waals surface area contributed by atoms with Crippen molar-refractivity contribution in [3.8, 4) is 5.75 Å². The molecule has 42 heavy (non-hydrogen) atoms. The number of carboxylic acids is 1. The predicted molar refractivity (Wildman–Crippen MR) is 152 cm³/mol. The molecule has 0 unspecified atom stereocenters. The molecule has 1 heterocycles. The number of benzene rings is 2. The molecular formula is C28H37F3N4O6S. The second-order valence-corrected chi connectivity index (χ2v) is 11.5. The minimum Gasteiger partial charge on any atom is -0.494 e. The first-order chi connectivity index (χ1) is 19.8. The molecule has 3 rings (SSSR count). The van der Waals surface area contributed by atoms with Crippen LogP contribution in [0.5, 0.6) is 5.75 Å². The first kappa shape index (κ1) is 34.6. The highest BCUT2D eigenvalue weighted by Gasteiger charge is 2.38. The van der Waals surface area contributed by atoms with E-state index >= 15 is 0 Å². The number of nitrogens with zero attached hydrogens (tertiary/aromatic N) is 3. The molecule has 10 nitrogen and oxygen atoms in total. The van der Waals surface area contributed by atoms with E-state index in [0.29, 0.717) is 18.9 Å². The summed E-state index contributed by atoms with van der Waals surface area (Å²) < 4.78 is 64.3. The predicted octanol–water partition coefficient (Wildman–Crippen LogP) is 3.56. The van der Waals surface area contributed by atoms with Gasteiger partial charge in [-0.3, -0.25) is 9.79 Å². The van der Waals surface area contributed by atoms with Crippen molar-refractivity contribution in [1.82, 2.24) is 14.5 Å². The van der Waals surface area contributed by atoms with E-state index in [1.165, 1.54) is 11.4 Å². The van der Waals surface area contributed by atoms with Crippen molar-refractivity contribution in [2.24, 2.45) is 4.99 Å². The topological polar surface area (TPSA) is 129 Å². The van der Waals surface area contributed by atoms with Crippen molar-refractivity contribution in [2.45, 2.75) is 43.7 Å². The van der Waals surface area contributed by atoms with E-state index in [0.717, 1.165) is 49.3 Å². The summed E-state index contributed by atoms with van der Waals surface area (Å²) in [5, 5.41) is 10.4. The monoisotopic (exact) mass is 614 g/mol. The van der Waals surface area contributed by atoms with Gasteiger partial charge < -0.3 is 20.1 Å². The summed E-state index contributed by atoms with van der Waals surface area (Å²) in [5.41, 5.74) is 2.20. The van der Waals surface area contributed by atoms with E-state index in [-0.39, 0.29) is 23.8 Å². The number of rotatable bonds is 13. The van der Waals surface area contributed by atoms with E-state index in [4.69, 9.17) is 14.6 Å². The number of amidine groups is 1. The van der Waals surface area contributed by atoms with Gasteiger partial charge in [-0.15, -0.1) is 0 Å². The number of alkyl halides is 3. The summed E-state index contributed by atoms with van der Waals surface area (Å²) in [7, 11) is -0.428. The Morgan fingerprint density at radius 3 is 2.19 bits per heavy atom. The largest absolute Gasteiger partial charge is 0.494 e. The zero-order chi connectivity index (χ0) is 31.3. The number of ether oxygens (including phenoxy) is 1. The SMILES string of the molecule is CCCCOc1ccc(S(=O)(=O)N(C)CCC(=O)N(C)CCc2ccc(C3=NCCN3)cc2)cc1.O=C(O)C(F)(F)F. The first-order valence-corrected chi connectivity index (χ1v) is 14.8. The van der Waals surface area contributed by atoms with E-state index < -0.39 is 22.2 Å². The van der Waals surface area contributed by atoms with Crippen LogP contribution in [0.2, 0.25) is 0 Å². The highest BCUT2D eigenvalue weighted by molar-refractivity contribution is 7.89. The number of unbranched alkanes of at least 4 members (excludes halogenated alkanes) is 1. The molecule has 0 fully saturated rings. The standard InChI is InChI=1S/C26H36N4O4S.C2HF3O2/c1-4-5-20-34-23-10-12-24(13-11-23)35(32,33)30(3)19-15-25(31)29(2)18-14-21-6-8-22(9-7-21)26-27-16-17-28-26;3-2(4,5)1(6)7/h6-13H,4-5,14-20H2,1-3H3,(H,27,28);(H,6,7). The van der Waals surface area contributed by atoms with Crippen LogP contribution in [0, 0.1) is 0 Å². The third kappa shape index (κ3) is 11.0. The fourth-order valence-corrected chi connectivity index (χ4v) is 4.80. The quantitative estimate of drug-likeness (QED) is 0.330. The van der Waals surface area contributed by atoms with Crippen molar-refractivity contribution in [1.29, 1.82) is 0 Å². The number of hydrogen-bond acceptors (Lipinski definition) is 7. The van der Waals surface area contributed by atoms with Crippen LogP contribution in [0.1, 0.15) is 37.3 Å². The number of sulfonamides is 1. The molecule has 232 valence electrons. The van der Waals surface area contributed by atoms with Gasteiger partial charge in [0, 0.05) is 45.7 Å². The van der Waals surface area contributed by atoms with Gasteiger partial charge in [-0.2, -0.15) is 13.2 Å². The molecule has 2 aromatic carbocycles. The van der Waals surface area contributed by atoms with Crippen molar-refractivity contribution in [3.63, 3.8) is 0 Å². The van der Waals surface area contributed by atoms with Crippen LogP contribution in [-0.4, -0.2) is 93.5 Å². The van der Waals surface area contributed by atoms with Crippen LogP contribution in [0.15, 0.2) is 58.4 Å². The fourth-order valence-electron chi connectivity index (χ4n) is 3.63. The normalized spacial score (nSPS) is 13.1. The van der Waals surface area contributed by atoms with Gasteiger partial charge in [0.15, 0.2) is 0 Å². The number of aliphatic imine (C=N–C) groups is 1. The maximum atomic E-state index is 12.9. The number of amides is 1. The van der Waals surface area contributed by atoms with Gasteiger partial charge in [-0.25, -0.2) is 17.5 Å². The Morgan fingerprint density at radius 2 is 1.67 bits per heavy atom. The molecule has 0 saturated carbocycles. The molecule has 1 aliphatic rings. The zero-order valence-corrected chi connectivity index (χ0v) is 24.7. The lowest BCUT2D eigenvalue weighted by atomic mass is 10.1. The molecule has 0 radical (unpaired) electrons. The second-order valence-electron chi connectivity index (χ2n) is 9.47. The van der Waals surface area contributed by atoms with Gasteiger partial charge in [0.2, 0.25) is 15.9 Å². The molecule has 0 spiro atoms. The third-order valence-electron chi connectivity index (χ3n) is 6.24. The summed E-state index contributed by atoms with van der Waals surface area (Å²) in [5.74, 6) is -1.27. The Balaban J connectivity index is 0.000000782. The summed E-state index contributed by atoms with van der Waals surface area (Å²) in [4.78, 5) is 27.7. The molecule has 1 amide bonds. The van der Waals surface area contributed by atoms with Gasteiger partial charge in [-0.05, 0) is 42.7 Å². The second kappa shape index (κ2) is 16.1. The number of carbonyl (C=O) groups is 2. The fraction of sp³-hybridized carbons (Fsp3) is 0.464. The van der Waals surface area contributed by atoms with Crippen LogP contribution in [0.3, 0.4) is 0 Å². The lowest BCUT2D eigenvalue weighted by Crippen LogP contribution is -2.34. The van der Waals surface area contributed by atoms with Crippen molar-refractivity contribution in [2.75, 3.05) is 46.9 Å². The Kier molecular flexibility index (Phi) is 13.3. The van der Waals surface area contributed by atoms with Gasteiger partial charge in [0.05, 0.1) is 18.0 Å². The summed E-state index contributed by atoms with van der Waals surface area (Å²) in [6.45, 7) is 5.05. The van der Waals surface area contributed by atoms with Gasteiger partial charge in [0.25, 0.3) is 0 Å². The Labute approximate surface area is 244 Å². The lowest BCUT2D eigenvalue weighted by molar-refractivity contribution is -0.192. The van der Waals surface area contributed by atoms with Crippen LogP contribution >= 0.6 is 0 Å². The maximum absolute atomic E-state index is 12.9. The highest BCUT2D eigenvalue weighted by atomic mass is 32.2. The van der Waals surface area contributed by atoms with Crippen LogP contribution in [-0.2, 0) is 26.0 Å². The summed E-state index contributed by atoms with van der Waals surface area (Å²) >= 11 is 0. The van der Waals surface area contributed by atoms with E-state index in [2.05, 4.69) is 29.4 Å². The molecule has 1 aliphatic heterocycles. The lowest BCUT2D eigenvalue weighted by Gasteiger charge is -2.21. The highest BCUT2D eigenvalue weighted by Crippen LogP contribution is 2.19. The molecule has 0 bridgehead atoms. The number of aliphatic carboxylic acids is 1. The van der Waals surface area contributed by atoms with Gasteiger partial charge >= 0.3 is 12.1 Å². The molecule has 0 aliphatic carbocycles. The van der Waals surface area contributed by atoms with E-state index in [9.17, 15) is 26.4 Å². The average Bonchev–Trinajstić information content (AvgIpc) is 3.50. The van der Waals surface area contributed by atoms with E-state index in [1.807, 2.05) is 12.1 Å². The van der Waals surface area contributed by atoms with Crippen molar-refractivity contribution in [3.05, 3.63) is 59.7 Å². The minimum atomic E-state index is -5.08. The van der Waals surface area contributed by atoms with Crippen LogP contribution in [0.4, 0.5) is 13.2 Å².